The largest absolute Gasteiger partial charge is 0.497 e. The van der Waals surface area contributed by atoms with Crippen LogP contribution in [-0.4, -0.2) is 79.3 Å². The Morgan fingerprint density at radius 1 is 1.12 bits per heavy atom. The second-order valence-electron chi connectivity index (χ2n) is 6.38. The Morgan fingerprint density at radius 3 is 2.31 bits per heavy atom. The molecule has 1 fully saturated rings. The Bertz CT molecular complexity index is 610. The number of nitrogens with zero attached hydrogens (tertiary/aromatic N) is 3. The second-order valence-corrected chi connectivity index (χ2v) is 6.38. The molecule has 2 rings (SSSR count). The first-order chi connectivity index (χ1) is 12.5. The number of hydrogen-bond donors (Lipinski definition) is 0. The van der Waals surface area contributed by atoms with Gasteiger partial charge in [-0.15, -0.1) is 0 Å². The highest BCUT2D eigenvalue weighted by Gasteiger charge is 2.21. The smallest absolute Gasteiger partial charge is 0.224 e. The third kappa shape index (κ3) is 5.75. The molecule has 142 valence electrons. The molecule has 0 spiro atoms. The Morgan fingerprint density at radius 2 is 1.77 bits per heavy atom. The van der Waals surface area contributed by atoms with Gasteiger partial charge in [-0.25, -0.2) is 0 Å². The first kappa shape index (κ1) is 19.8. The number of rotatable bonds is 8. The average Bonchev–Trinajstić information content (AvgIpc) is 2.68. The summed E-state index contributed by atoms with van der Waals surface area (Å²) in [7, 11) is 1.63. The molecule has 1 heterocycles. The van der Waals surface area contributed by atoms with Gasteiger partial charge in [-0.1, -0.05) is 12.1 Å². The zero-order valence-corrected chi connectivity index (χ0v) is 15.5. The maximum Gasteiger partial charge on any atom is 0.224 e. The normalized spacial score (nSPS) is 14.1. The van der Waals surface area contributed by atoms with Gasteiger partial charge in [0, 0.05) is 52.6 Å². The van der Waals surface area contributed by atoms with Crippen LogP contribution < -0.4 is 4.74 Å². The molecular weight excluding hydrogens is 334 g/mol. The van der Waals surface area contributed by atoms with E-state index in [9.17, 15) is 14.4 Å². The molecule has 0 bridgehead atoms. The van der Waals surface area contributed by atoms with E-state index in [0.717, 1.165) is 24.1 Å². The highest BCUT2D eigenvalue weighted by atomic mass is 16.5. The van der Waals surface area contributed by atoms with Gasteiger partial charge < -0.3 is 19.4 Å². The summed E-state index contributed by atoms with van der Waals surface area (Å²) < 4.78 is 5.14. The molecule has 0 N–H and O–H groups in total. The molecule has 7 nitrogen and oxygen atoms in total. The molecule has 0 aliphatic carbocycles. The number of carbonyl (C=O) groups excluding carboxylic acids is 3. The van der Waals surface area contributed by atoms with E-state index in [2.05, 4.69) is 0 Å². The van der Waals surface area contributed by atoms with E-state index in [4.69, 9.17) is 4.74 Å². The van der Waals surface area contributed by atoms with Crippen molar-refractivity contribution in [3.8, 4) is 5.75 Å². The molecule has 1 aromatic carbocycles. The summed E-state index contributed by atoms with van der Waals surface area (Å²) in [4.78, 5) is 40.1. The van der Waals surface area contributed by atoms with Crippen molar-refractivity contribution in [2.24, 2.45) is 0 Å². The number of benzene rings is 1. The van der Waals surface area contributed by atoms with Crippen LogP contribution in [0.5, 0.6) is 5.75 Å². The zero-order valence-electron chi connectivity index (χ0n) is 15.5. The van der Waals surface area contributed by atoms with Gasteiger partial charge in [0.05, 0.1) is 7.11 Å². The Kier molecular flexibility index (Phi) is 7.44. The summed E-state index contributed by atoms with van der Waals surface area (Å²) >= 11 is 0. The molecular formula is C19H27N3O4. The first-order valence-electron chi connectivity index (χ1n) is 8.89. The topological polar surface area (TPSA) is 70.2 Å². The molecule has 0 radical (unpaired) electrons. The lowest BCUT2D eigenvalue weighted by molar-refractivity contribution is -0.136. The second kappa shape index (κ2) is 9.79. The quantitative estimate of drug-likeness (QED) is 0.642. The fraction of sp³-hybridized carbons (Fsp3) is 0.526. The Balaban J connectivity index is 1.79. The fourth-order valence-corrected chi connectivity index (χ4v) is 2.95. The minimum Gasteiger partial charge on any atom is -0.497 e. The van der Waals surface area contributed by atoms with Crippen LogP contribution in [0.3, 0.4) is 0 Å². The highest BCUT2D eigenvalue weighted by Crippen LogP contribution is 2.12. The molecule has 1 aliphatic heterocycles. The SMILES string of the molecule is COc1ccc(CCN(CCC(=O)N2CCN(C=O)CC2)C(C)=O)cc1. The van der Waals surface area contributed by atoms with E-state index >= 15 is 0 Å². The third-order valence-corrected chi connectivity index (χ3v) is 4.69. The summed E-state index contributed by atoms with van der Waals surface area (Å²) in [5, 5.41) is 0. The van der Waals surface area contributed by atoms with Gasteiger partial charge >= 0.3 is 0 Å². The predicted octanol–water partition coefficient (Wildman–Crippen LogP) is 0.777. The van der Waals surface area contributed by atoms with Crippen molar-refractivity contribution in [1.82, 2.24) is 14.7 Å². The number of hydrogen-bond acceptors (Lipinski definition) is 4. The minimum atomic E-state index is -0.0305. The highest BCUT2D eigenvalue weighted by molar-refractivity contribution is 5.78. The van der Waals surface area contributed by atoms with Gasteiger partial charge in [0.2, 0.25) is 18.2 Å². The van der Waals surface area contributed by atoms with Crippen LogP contribution in [-0.2, 0) is 20.8 Å². The number of piperazine rings is 1. The average molecular weight is 361 g/mol. The van der Waals surface area contributed by atoms with Gasteiger partial charge in [0.15, 0.2) is 0 Å². The van der Waals surface area contributed by atoms with Crippen LogP contribution in [0.2, 0.25) is 0 Å². The summed E-state index contributed by atoms with van der Waals surface area (Å²) in [5.41, 5.74) is 1.12. The van der Waals surface area contributed by atoms with Crippen molar-refractivity contribution in [2.75, 3.05) is 46.4 Å². The van der Waals surface area contributed by atoms with Crippen LogP contribution in [0.25, 0.3) is 0 Å². The van der Waals surface area contributed by atoms with E-state index < -0.39 is 0 Å². The van der Waals surface area contributed by atoms with Gasteiger partial charge in [-0.2, -0.15) is 0 Å². The van der Waals surface area contributed by atoms with Gasteiger partial charge in [-0.3, -0.25) is 14.4 Å². The first-order valence-corrected chi connectivity index (χ1v) is 8.89. The predicted molar refractivity (Wildman–Crippen MR) is 97.8 cm³/mol. The molecule has 0 saturated carbocycles. The fourth-order valence-electron chi connectivity index (χ4n) is 2.95. The molecule has 7 heteroatoms. The zero-order chi connectivity index (χ0) is 18.9. The molecule has 1 aromatic rings. The van der Waals surface area contributed by atoms with Crippen LogP contribution in [0.4, 0.5) is 0 Å². The summed E-state index contributed by atoms with van der Waals surface area (Å²) in [6.07, 6.45) is 1.86. The number of amides is 3. The summed E-state index contributed by atoms with van der Waals surface area (Å²) in [5.74, 6) is 0.806. The third-order valence-electron chi connectivity index (χ3n) is 4.69. The van der Waals surface area contributed by atoms with E-state index in [-0.39, 0.29) is 11.8 Å². The molecule has 3 amide bonds. The Hall–Kier alpha value is -2.57. The van der Waals surface area contributed by atoms with E-state index in [1.54, 1.807) is 21.8 Å². The van der Waals surface area contributed by atoms with Gasteiger partial charge in [0.1, 0.15) is 5.75 Å². The van der Waals surface area contributed by atoms with Crippen LogP contribution >= 0.6 is 0 Å². The van der Waals surface area contributed by atoms with Gasteiger partial charge in [0.25, 0.3) is 0 Å². The lowest BCUT2D eigenvalue weighted by Gasteiger charge is -2.33. The molecule has 26 heavy (non-hydrogen) atoms. The minimum absolute atomic E-state index is 0.0305. The van der Waals surface area contributed by atoms with Crippen molar-refractivity contribution < 1.29 is 19.1 Å². The van der Waals surface area contributed by atoms with Crippen molar-refractivity contribution in [3.63, 3.8) is 0 Å². The number of carbonyl (C=O) groups is 3. The van der Waals surface area contributed by atoms with E-state index in [0.29, 0.717) is 45.7 Å². The summed E-state index contributed by atoms with van der Waals surface area (Å²) in [6.45, 7) is 4.78. The molecule has 0 unspecified atom stereocenters. The number of methoxy groups -OCH3 is 1. The van der Waals surface area contributed by atoms with E-state index in [1.807, 2.05) is 24.3 Å². The molecule has 0 aromatic heterocycles. The molecule has 1 saturated heterocycles. The maximum absolute atomic E-state index is 12.3. The van der Waals surface area contributed by atoms with Crippen LogP contribution in [0.15, 0.2) is 24.3 Å². The van der Waals surface area contributed by atoms with Crippen molar-refractivity contribution in [1.29, 1.82) is 0 Å². The lowest BCUT2D eigenvalue weighted by Crippen LogP contribution is -2.48. The number of ether oxygens (including phenoxy) is 1. The standard InChI is InChI=1S/C19H27N3O4/c1-16(24)21(9-7-17-3-5-18(26-2)6-4-17)10-8-19(25)22-13-11-20(15-23)12-14-22/h3-6,15H,7-14H2,1-2H3. The van der Waals surface area contributed by atoms with Crippen LogP contribution in [0, 0.1) is 0 Å². The van der Waals surface area contributed by atoms with Crippen molar-refractivity contribution in [2.45, 2.75) is 19.8 Å². The van der Waals surface area contributed by atoms with Crippen molar-refractivity contribution in [3.05, 3.63) is 29.8 Å². The molecule has 0 atom stereocenters. The monoisotopic (exact) mass is 361 g/mol. The summed E-state index contributed by atoms with van der Waals surface area (Å²) in [6, 6.07) is 7.76. The van der Waals surface area contributed by atoms with Gasteiger partial charge in [-0.05, 0) is 24.1 Å². The maximum atomic E-state index is 12.3. The van der Waals surface area contributed by atoms with Crippen LogP contribution in [0.1, 0.15) is 18.9 Å². The van der Waals surface area contributed by atoms with E-state index in [1.165, 1.54) is 6.92 Å². The lowest BCUT2D eigenvalue weighted by atomic mass is 10.1. The van der Waals surface area contributed by atoms with Crippen molar-refractivity contribution >= 4 is 18.2 Å². The molecule has 1 aliphatic rings. The Labute approximate surface area is 154 Å².